The molecule has 13 heteroatoms. The summed E-state index contributed by atoms with van der Waals surface area (Å²) in [6, 6.07) is 26.8. The van der Waals surface area contributed by atoms with Crippen LogP contribution in [0.3, 0.4) is 0 Å². The number of esters is 3. The lowest BCUT2D eigenvalue weighted by Crippen LogP contribution is -2.52. The normalized spacial score (nSPS) is 23.6. The number of nitrogens with zero attached hydrogens (tertiary/aromatic N) is 1. The fourth-order valence-corrected chi connectivity index (χ4v) is 8.39. The van der Waals surface area contributed by atoms with Crippen LogP contribution < -0.4 is 10.1 Å². The summed E-state index contributed by atoms with van der Waals surface area (Å²) in [5.74, 6) is -1.30. The molecule has 3 heterocycles. The third kappa shape index (κ3) is 6.42. The molecule has 2 saturated heterocycles. The smallest absolute Gasteiger partial charge is 0.325 e. The maximum atomic E-state index is 14.9. The number of carboxylic acids is 1. The Kier molecular flexibility index (Phi) is 10.6. The third-order valence-electron chi connectivity index (χ3n) is 10.6. The van der Waals surface area contributed by atoms with Crippen LogP contribution in [0.1, 0.15) is 52.4 Å². The van der Waals surface area contributed by atoms with Gasteiger partial charge in [-0.05, 0) is 52.6 Å². The maximum absolute atomic E-state index is 14.9. The van der Waals surface area contributed by atoms with Gasteiger partial charge in [-0.2, -0.15) is 0 Å². The zero-order chi connectivity index (χ0) is 39.6. The van der Waals surface area contributed by atoms with Gasteiger partial charge in [0.15, 0.2) is 5.92 Å². The number of aliphatic hydroxyl groups is 1. The van der Waals surface area contributed by atoms with Crippen LogP contribution in [0.25, 0.3) is 0 Å². The molecule has 0 aliphatic carbocycles. The van der Waals surface area contributed by atoms with Crippen LogP contribution in [0.2, 0.25) is 0 Å². The first kappa shape index (κ1) is 37.8. The molecule has 0 unspecified atom stereocenters. The number of methoxy groups -OCH3 is 2. The van der Waals surface area contributed by atoms with Crippen molar-refractivity contribution < 1.29 is 53.1 Å². The van der Waals surface area contributed by atoms with Crippen LogP contribution in [0, 0.1) is 23.7 Å². The highest BCUT2D eigenvalue weighted by Crippen LogP contribution is 2.64. The second-order valence-electron chi connectivity index (χ2n) is 13.6. The molecular formula is C43H38N2O11. The van der Waals surface area contributed by atoms with E-state index in [9.17, 15) is 34.2 Å². The van der Waals surface area contributed by atoms with Gasteiger partial charge in [-0.25, -0.2) is 0 Å². The van der Waals surface area contributed by atoms with Gasteiger partial charge < -0.3 is 34.5 Å². The van der Waals surface area contributed by atoms with Gasteiger partial charge >= 0.3 is 23.9 Å². The number of nitrogens with one attached hydrogen (secondary N) is 1. The number of carbonyl (C=O) groups is 5. The van der Waals surface area contributed by atoms with E-state index in [0.717, 1.165) is 19.8 Å². The van der Waals surface area contributed by atoms with Gasteiger partial charge in [-0.3, -0.25) is 28.9 Å². The van der Waals surface area contributed by atoms with Crippen molar-refractivity contribution in [3.63, 3.8) is 0 Å². The predicted molar refractivity (Wildman–Crippen MR) is 199 cm³/mol. The molecule has 0 radical (unpaired) electrons. The SMILES string of the molecule is COC(=O)C(CC#Cc1ccc2c(c1)[C@]1(C(=O)N2)[C@H](c2cccc(OCCO)c2)N2[C@H](c3ccccc3)[C@H](c3ccccc3)OC(=O)[C@H]2[C@@H]1C(=O)O)C(=O)OC. The zero-order valence-electron chi connectivity index (χ0n) is 30.4. The number of carboxylic acid groups (broad SMARTS) is 1. The second-order valence-corrected chi connectivity index (χ2v) is 13.6. The number of cyclic esters (lactones) is 1. The van der Waals surface area contributed by atoms with Crippen molar-refractivity contribution in [3.05, 3.63) is 131 Å². The monoisotopic (exact) mass is 758 g/mol. The molecule has 3 aliphatic heterocycles. The molecule has 0 aromatic heterocycles. The Morgan fingerprint density at radius 2 is 1.52 bits per heavy atom. The van der Waals surface area contributed by atoms with Crippen molar-refractivity contribution in [1.82, 2.24) is 4.90 Å². The molecular weight excluding hydrogens is 720 g/mol. The first-order valence-electron chi connectivity index (χ1n) is 17.9. The van der Waals surface area contributed by atoms with Gasteiger partial charge in [0.25, 0.3) is 0 Å². The number of hydrogen-bond acceptors (Lipinski definition) is 11. The molecule has 7 rings (SSSR count). The maximum Gasteiger partial charge on any atom is 0.325 e. The van der Waals surface area contributed by atoms with Crippen molar-refractivity contribution in [1.29, 1.82) is 0 Å². The lowest BCUT2D eigenvalue weighted by Gasteiger charge is -2.46. The van der Waals surface area contributed by atoms with Crippen molar-refractivity contribution in [3.8, 4) is 17.6 Å². The fraction of sp³-hybridized carbons (Fsp3) is 0.279. The Hall–Kier alpha value is -6.49. The highest BCUT2D eigenvalue weighted by atomic mass is 16.6. The first-order valence-corrected chi connectivity index (χ1v) is 17.9. The van der Waals surface area contributed by atoms with Gasteiger partial charge in [0, 0.05) is 17.7 Å². The zero-order valence-corrected chi connectivity index (χ0v) is 30.4. The summed E-state index contributed by atoms with van der Waals surface area (Å²) >= 11 is 0. The molecule has 56 heavy (non-hydrogen) atoms. The largest absolute Gasteiger partial charge is 0.491 e. The molecule has 0 saturated carbocycles. The van der Waals surface area contributed by atoms with E-state index >= 15 is 0 Å². The summed E-state index contributed by atoms with van der Waals surface area (Å²) < 4.78 is 21.6. The van der Waals surface area contributed by atoms with E-state index in [-0.39, 0.29) is 25.2 Å². The molecule has 0 bridgehead atoms. The predicted octanol–water partition coefficient (Wildman–Crippen LogP) is 4.12. The number of hydrogen-bond donors (Lipinski definition) is 3. The minimum absolute atomic E-state index is 0.0173. The summed E-state index contributed by atoms with van der Waals surface area (Å²) in [5.41, 5.74) is 0.900. The van der Waals surface area contributed by atoms with Crippen molar-refractivity contribution in [2.24, 2.45) is 11.8 Å². The number of benzene rings is 4. The van der Waals surface area contributed by atoms with Gasteiger partial charge in [-0.1, -0.05) is 84.6 Å². The van der Waals surface area contributed by atoms with Crippen molar-refractivity contribution >= 4 is 35.5 Å². The number of aliphatic hydroxyl groups excluding tert-OH is 1. The van der Waals surface area contributed by atoms with Crippen molar-refractivity contribution in [2.75, 3.05) is 32.8 Å². The minimum Gasteiger partial charge on any atom is -0.491 e. The van der Waals surface area contributed by atoms with Crippen LogP contribution in [-0.4, -0.2) is 78.4 Å². The highest BCUT2D eigenvalue weighted by Gasteiger charge is 2.74. The van der Waals surface area contributed by atoms with E-state index in [4.69, 9.17) is 18.9 Å². The van der Waals surface area contributed by atoms with Crippen LogP contribution in [0.15, 0.2) is 103 Å². The summed E-state index contributed by atoms with van der Waals surface area (Å²) in [7, 11) is 2.30. The third-order valence-corrected chi connectivity index (χ3v) is 10.6. The van der Waals surface area contributed by atoms with Crippen LogP contribution in [0.4, 0.5) is 5.69 Å². The lowest BCUT2D eigenvalue weighted by molar-refractivity contribution is -0.179. The van der Waals surface area contributed by atoms with Gasteiger partial charge in [0.2, 0.25) is 5.91 Å². The van der Waals surface area contributed by atoms with E-state index in [2.05, 4.69) is 17.2 Å². The molecule has 4 aromatic rings. The van der Waals surface area contributed by atoms with E-state index < -0.39 is 71.3 Å². The minimum atomic E-state index is -1.95. The average molecular weight is 759 g/mol. The second kappa shape index (κ2) is 15.7. The lowest BCUT2D eigenvalue weighted by atomic mass is 9.65. The summed E-state index contributed by atoms with van der Waals surface area (Å²) in [5, 5.41) is 23.7. The molecule has 13 nitrogen and oxygen atoms in total. The van der Waals surface area contributed by atoms with Gasteiger partial charge in [0.1, 0.15) is 35.8 Å². The number of amides is 1. The van der Waals surface area contributed by atoms with Crippen LogP contribution >= 0.6 is 0 Å². The van der Waals surface area contributed by atoms with E-state index in [1.807, 2.05) is 65.6 Å². The quantitative estimate of drug-likeness (QED) is 0.0914. The topological polar surface area (TPSA) is 178 Å². The summed E-state index contributed by atoms with van der Waals surface area (Å²) in [6.07, 6.45) is -1.14. The van der Waals surface area contributed by atoms with Gasteiger partial charge in [-0.15, -0.1) is 0 Å². The first-order chi connectivity index (χ1) is 27.1. The number of aliphatic carboxylic acids is 1. The number of carbonyl (C=O) groups excluding carboxylic acids is 4. The molecule has 4 aromatic carbocycles. The Bertz CT molecular complexity index is 2220. The molecule has 6 atom stereocenters. The molecule has 286 valence electrons. The molecule has 1 spiro atoms. The molecule has 1 amide bonds. The van der Waals surface area contributed by atoms with Gasteiger partial charge in [0.05, 0.1) is 32.9 Å². The summed E-state index contributed by atoms with van der Waals surface area (Å²) in [4.78, 5) is 69.7. The van der Waals surface area contributed by atoms with Crippen LogP contribution in [0.5, 0.6) is 5.75 Å². The van der Waals surface area contributed by atoms with E-state index in [1.165, 1.54) is 0 Å². The average Bonchev–Trinajstić information content (AvgIpc) is 3.70. The van der Waals surface area contributed by atoms with Crippen molar-refractivity contribution in [2.45, 2.75) is 36.1 Å². The Morgan fingerprint density at radius 3 is 2.16 bits per heavy atom. The van der Waals surface area contributed by atoms with E-state index in [0.29, 0.717) is 28.1 Å². The summed E-state index contributed by atoms with van der Waals surface area (Å²) in [6.45, 7) is -0.274. The highest BCUT2D eigenvalue weighted by molar-refractivity contribution is 6.11. The number of rotatable bonds is 10. The Labute approximate surface area is 322 Å². The number of anilines is 1. The fourth-order valence-electron chi connectivity index (χ4n) is 8.39. The number of morpholine rings is 1. The number of ether oxygens (including phenoxy) is 4. The molecule has 3 N–H and O–H groups in total. The molecule has 2 fully saturated rings. The van der Waals surface area contributed by atoms with E-state index in [1.54, 1.807) is 42.5 Å². The van der Waals surface area contributed by atoms with Crippen LogP contribution in [-0.2, 0) is 43.6 Å². The standard InChI is InChI=1S/C43H38N2O11/c1-53-39(49)30(40(50)54-2)18-9-11-25-19-20-32-31(23-25)43(42(52)44-32)33(38(47)48)35-41(51)56-36(27-14-7-4-8-15-27)34(26-12-5-3-6-13-26)45(35)37(43)28-16-10-17-29(24-28)55-22-21-46/h3-8,10,12-17,19-20,23-24,30,33-37,46H,18,21-22H2,1-2H3,(H,44,52)(H,47,48)/t33-,34-,35-,36+,37+,43-/m1/s1. The molecule has 3 aliphatic rings. The number of fused-ring (bicyclic) bond motifs is 3. The Balaban J connectivity index is 1.47. The Morgan fingerprint density at radius 1 is 0.857 bits per heavy atom.